The molecule has 176 valence electrons. The minimum absolute atomic E-state index is 0.263. The number of carbonyl (C=O) groups is 2. The highest BCUT2D eigenvalue weighted by Gasteiger charge is 2.32. The van der Waals surface area contributed by atoms with Gasteiger partial charge in [0.2, 0.25) is 0 Å². The fraction of sp³-hybridized carbons (Fsp3) is 0.458. The van der Waals surface area contributed by atoms with Gasteiger partial charge in [-0.05, 0) is 13.3 Å². The summed E-state index contributed by atoms with van der Waals surface area (Å²) in [6, 6.07) is 9.67. The second-order valence-corrected chi connectivity index (χ2v) is 9.09. The van der Waals surface area contributed by atoms with Gasteiger partial charge in [-0.3, -0.25) is 9.80 Å². The molecule has 1 unspecified atom stereocenters. The number of ether oxygens (including phenoxy) is 1. The molecular formula is C24H31N5O3S. The standard InChI is InChI=1S/C24H31N5O3S/c1-3-19-21(23(30)32-4-2)20(27-24(31)26-19)15-29-12-10-28(11-13-29)14-18-16-33-22(25-18)17-8-6-5-7-9-17/h5-9,16,19H,3-4,10-15H2,1-2H3,(H2,26,27,31). The number of aromatic nitrogens is 1. The Labute approximate surface area is 198 Å². The summed E-state index contributed by atoms with van der Waals surface area (Å²) in [4.78, 5) is 34.2. The molecule has 8 nitrogen and oxygen atoms in total. The van der Waals surface area contributed by atoms with Crippen LogP contribution in [0.25, 0.3) is 10.6 Å². The summed E-state index contributed by atoms with van der Waals surface area (Å²) < 4.78 is 5.26. The Bertz CT molecular complexity index is 999. The first-order valence-corrected chi connectivity index (χ1v) is 12.4. The van der Waals surface area contributed by atoms with Crippen LogP contribution in [0.4, 0.5) is 4.79 Å². The van der Waals surface area contributed by atoms with Crippen LogP contribution < -0.4 is 10.6 Å². The Morgan fingerprint density at radius 3 is 2.48 bits per heavy atom. The van der Waals surface area contributed by atoms with Gasteiger partial charge in [0.1, 0.15) is 5.01 Å². The highest BCUT2D eigenvalue weighted by Crippen LogP contribution is 2.24. The second-order valence-electron chi connectivity index (χ2n) is 8.23. The summed E-state index contributed by atoms with van der Waals surface area (Å²) >= 11 is 1.68. The van der Waals surface area contributed by atoms with E-state index in [4.69, 9.17) is 9.72 Å². The van der Waals surface area contributed by atoms with E-state index in [-0.39, 0.29) is 18.0 Å². The number of urea groups is 1. The monoisotopic (exact) mass is 469 g/mol. The van der Waals surface area contributed by atoms with Crippen LogP contribution in [-0.4, -0.2) is 72.2 Å². The Balaban J connectivity index is 1.36. The summed E-state index contributed by atoms with van der Waals surface area (Å²) in [5.74, 6) is -0.358. The average molecular weight is 470 g/mol. The molecule has 1 fully saturated rings. The van der Waals surface area contributed by atoms with Gasteiger partial charge in [0, 0.05) is 55.9 Å². The van der Waals surface area contributed by atoms with Crippen molar-refractivity contribution < 1.29 is 14.3 Å². The minimum Gasteiger partial charge on any atom is -0.463 e. The molecular weight excluding hydrogens is 438 g/mol. The van der Waals surface area contributed by atoms with Gasteiger partial charge in [0.05, 0.1) is 23.9 Å². The van der Waals surface area contributed by atoms with Gasteiger partial charge < -0.3 is 15.4 Å². The third-order valence-electron chi connectivity index (χ3n) is 5.95. The van der Waals surface area contributed by atoms with Crippen LogP contribution in [0.1, 0.15) is 26.0 Å². The molecule has 2 aliphatic rings. The Morgan fingerprint density at radius 2 is 1.82 bits per heavy atom. The number of nitrogens with zero attached hydrogens (tertiary/aromatic N) is 3. The van der Waals surface area contributed by atoms with Crippen molar-refractivity contribution in [1.29, 1.82) is 0 Å². The van der Waals surface area contributed by atoms with E-state index < -0.39 is 0 Å². The molecule has 33 heavy (non-hydrogen) atoms. The highest BCUT2D eigenvalue weighted by molar-refractivity contribution is 7.13. The Kier molecular flexibility index (Phi) is 7.74. The maximum absolute atomic E-state index is 12.6. The molecule has 2 N–H and O–H groups in total. The number of rotatable bonds is 8. The third-order valence-corrected chi connectivity index (χ3v) is 6.89. The number of hydrogen-bond donors (Lipinski definition) is 2. The summed E-state index contributed by atoms with van der Waals surface area (Å²) in [5.41, 5.74) is 3.44. The summed E-state index contributed by atoms with van der Waals surface area (Å²) in [5, 5.41) is 8.87. The first-order chi connectivity index (χ1) is 16.1. The molecule has 9 heteroatoms. The van der Waals surface area contributed by atoms with E-state index in [9.17, 15) is 9.59 Å². The average Bonchev–Trinajstić information content (AvgIpc) is 3.29. The lowest BCUT2D eigenvalue weighted by molar-refractivity contribution is -0.139. The third kappa shape index (κ3) is 5.79. The summed E-state index contributed by atoms with van der Waals surface area (Å²) in [7, 11) is 0. The molecule has 1 atom stereocenters. The Morgan fingerprint density at radius 1 is 1.12 bits per heavy atom. The molecule has 3 heterocycles. The van der Waals surface area contributed by atoms with E-state index in [1.165, 1.54) is 0 Å². The first kappa shape index (κ1) is 23.4. The van der Waals surface area contributed by atoms with Crippen molar-refractivity contribution in [3.63, 3.8) is 0 Å². The predicted octanol–water partition coefficient (Wildman–Crippen LogP) is 2.84. The van der Waals surface area contributed by atoms with Gasteiger partial charge in [0.15, 0.2) is 0 Å². The number of hydrogen-bond acceptors (Lipinski definition) is 7. The fourth-order valence-electron chi connectivity index (χ4n) is 4.24. The maximum atomic E-state index is 12.6. The van der Waals surface area contributed by atoms with E-state index in [1.54, 1.807) is 18.3 Å². The Hall–Kier alpha value is -2.75. The molecule has 1 saturated heterocycles. The van der Waals surface area contributed by atoms with Crippen LogP contribution in [0.2, 0.25) is 0 Å². The molecule has 0 aliphatic carbocycles. The van der Waals surface area contributed by atoms with Crippen molar-refractivity contribution in [1.82, 2.24) is 25.4 Å². The van der Waals surface area contributed by atoms with Crippen molar-refractivity contribution in [3.05, 3.63) is 52.7 Å². The number of amides is 2. The summed E-state index contributed by atoms with van der Waals surface area (Å²) in [6.45, 7) is 8.93. The van der Waals surface area contributed by atoms with Crippen LogP contribution in [-0.2, 0) is 16.1 Å². The van der Waals surface area contributed by atoms with Crippen LogP contribution in [0.15, 0.2) is 47.0 Å². The SMILES string of the molecule is CCOC(=O)C1=C(CN2CCN(Cc3csc(-c4ccccc4)n3)CC2)NC(=O)NC1CC. The number of thiazole rings is 1. The second kappa shape index (κ2) is 10.9. The van der Waals surface area contributed by atoms with E-state index >= 15 is 0 Å². The predicted molar refractivity (Wildman–Crippen MR) is 129 cm³/mol. The van der Waals surface area contributed by atoms with Crippen LogP contribution in [0.3, 0.4) is 0 Å². The molecule has 2 amide bonds. The van der Waals surface area contributed by atoms with Crippen LogP contribution >= 0.6 is 11.3 Å². The molecule has 0 radical (unpaired) electrons. The number of benzene rings is 1. The largest absolute Gasteiger partial charge is 0.463 e. The van der Waals surface area contributed by atoms with E-state index in [0.717, 1.165) is 49.0 Å². The number of esters is 1. The maximum Gasteiger partial charge on any atom is 0.337 e. The fourth-order valence-corrected chi connectivity index (χ4v) is 5.05. The topological polar surface area (TPSA) is 86.8 Å². The summed E-state index contributed by atoms with van der Waals surface area (Å²) in [6.07, 6.45) is 0.636. The van der Waals surface area contributed by atoms with Crippen molar-refractivity contribution in [3.8, 4) is 10.6 Å². The lowest BCUT2D eigenvalue weighted by Crippen LogP contribution is -2.53. The quantitative estimate of drug-likeness (QED) is 0.578. The van der Waals surface area contributed by atoms with Crippen molar-refractivity contribution in [2.75, 3.05) is 39.3 Å². The lowest BCUT2D eigenvalue weighted by atomic mass is 10.00. The van der Waals surface area contributed by atoms with Gasteiger partial charge in [-0.15, -0.1) is 11.3 Å². The molecule has 0 spiro atoms. The first-order valence-electron chi connectivity index (χ1n) is 11.5. The lowest BCUT2D eigenvalue weighted by Gasteiger charge is -2.36. The number of nitrogens with one attached hydrogen (secondary N) is 2. The molecule has 1 aromatic carbocycles. The molecule has 0 saturated carbocycles. The zero-order valence-electron chi connectivity index (χ0n) is 19.2. The molecule has 0 bridgehead atoms. The van der Waals surface area contributed by atoms with Crippen LogP contribution in [0.5, 0.6) is 0 Å². The smallest absolute Gasteiger partial charge is 0.337 e. The van der Waals surface area contributed by atoms with E-state index in [2.05, 4.69) is 37.9 Å². The van der Waals surface area contributed by atoms with Gasteiger partial charge >= 0.3 is 12.0 Å². The van der Waals surface area contributed by atoms with Gasteiger partial charge in [-0.25, -0.2) is 14.6 Å². The normalized spacial score (nSPS) is 19.8. The zero-order valence-corrected chi connectivity index (χ0v) is 20.0. The van der Waals surface area contributed by atoms with Gasteiger partial charge in [0.25, 0.3) is 0 Å². The molecule has 2 aliphatic heterocycles. The number of piperazine rings is 1. The molecule has 1 aromatic heterocycles. The van der Waals surface area contributed by atoms with Crippen molar-refractivity contribution in [2.45, 2.75) is 32.9 Å². The zero-order chi connectivity index (χ0) is 23.2. The van der Waals surface area contributed by atoms with Crippen LogP contribution in [0, 0.1) is 0 Å². The van der Waals surface area contributed by atoms with Crippen molar-refractivity contribution >= 4 is 23.3 Å². The molecule has 4 rings (SSSR count). The van der Waals surface area contributed by atoms with E-state index in [1.807, 2.05) is 25.1 Å². The number of carbonyl (C=O) groups excluding carboxylic acids is 2. The van der Waals surface area contributed by atoms with Gasteiger partial charge in [-0.1, -0.05) is 37.3 Å². The highest BCUT2D eigenvalue weighted by atomic mass is 32.1. The van der Waals surface area contributed by atoms with Crippen molar-refractivity contribution in [2.24, 2.45) is 0 Å². The molecule has 2 aromatic rings. The minimum atomic E-state index is -0.358. The van der Waals surface area contributed by atoms with Gasteiger partial charge in [-0.2, -0.15) is 0 Å². The van der Waals surface area contributed by atoms with E-state index in [0.29, 0.717) is 30.8 Å².